The Hall–Kier alpha value is -2.68. The minimum atomic E-state index is -0.305. The normalized spacial score (nSPS) is 25.9. The molecule has 0 bridgehead atoms. The van der Waals surface area contributed by atoms with Crippen LogP contribution in [0, 0.1) is 5.92 Å². The molecule has 4 heterocycles. The summed E-state index contributed by atoms with van der Waals surface area (Å²) < 4.78 is 7.93. The molecule has 3 aromatic heterocycles. The lowest BCUT2D eigenvalue weighted by atomic mass is 9.93. The first-order valence-corrected chi connectivity index (χ1v) is 10.4. The molecule has 0 radical (unpaired) electrons. The molecule has 0 spiro atoms. The Morgan fingerprint density at radius 2 is 2.14 bits per heavy atom. The van der Waals surface area contributed by atoms with E-state index in [0.717, 1.165) is 41.9 Å². The number of aromatic nitrogens is 5. The Labute approximate surface area is 168 Å². The number of H-pyrrole nitrogens is 1. The van der Waals surface area contributed by atoms with Gasteiger partial charge in [-0.1, -0.05) is 13.3 Å². The van der Waals surface area contributed by atoms with Gasteiger partial charge in [0, 0.05) is 25.2 Å². The summed E-state index contributed by atoms with van der Waals surface area (Å²) in [5.74, 6) is 1.47. The van der Waals surface area contributed by atoms with Crippen LogP contribution in [0.1, 0.15) is 50.8 Å². The van der Waals surface area contributed by atoms with Crippen molar-refractivity contribution in [3.8, 4) is 0 Å². The fourth-order valence-electron chi connectivity index (χ4n) is 4.84. The summed E-state index contributed by atoms with van der Waals surface area (Å²) in [7, 11) is 0. The first kappa shape index (κ1) is 18.4. The highest BCUT2D eigenvalue weighted by atomic mass is 16.6. The van der Waals surface area contributed by atoms with Crippen LogP contribution in [0.3, 0.4) is 0 Å². The molecule has 1 aliphatic carbocycles. The topological polar surface area (TPSA) is 109 Å². The maximum Gasteiger partial charge on any atom is 0.410 e. The fourth-order valence-corrected chi connectivity index (χ4v) is 4.84. The Morgan fingerprint density at radius 1 is 1.31 bits per heavy atom. The number of ether oxygens (including phenoxy) is 1. The van der Waals surface area contributed by atoms with Crippen molar-refractivity contribution < 1.29 is 14.6 Å². The van der Waals surface area contributed by atoms with Crippen LogP contribution in [0.25, 0.3) is 16.8 Å². The van der Waals surface area contributed by atoms with Gasteiger partial charge in [-0.3, -0.25) is 4.40 Å². The highest BCUT2D eigenvalue weighted by Crippen LogP contribution is 2.42. The SMILES string of the molecule is CC[C@@H]1C[C@H](OC(=O)N2CCC(O)CC2)C[C@@H]1c1nnc2cnc3[nH]ccc3n12. The molecular weight excluding hydrogens is 372 g/mol. The van der Waals surface area contributed by atoms with Crippen LogP contribution < -0.4 is 0 Å². The van der Waals surface area contributed by atoms with Crippen LogP contribution in [0.2, 0.25) is 0 Å². The van der Waals surface area contributed by atoms with Crippen molar-refractivity contribution in [1.82, 2.24) is 29.5 Å². The third-order valence-corrected chi connectivity index (χ3v) is 6.46. The molecule has 0 unspecified atom stereocenters. The van der Waals surface area contributed by atoms with Gasteiger partial charge in [0.1, 0.15) is 11.9 Å². The predicted molar refractivity (Wildman–Crippen MR) is 105 cm³/mol. The number of nitrogens with one attached hydrogen (secondary N) is 1. The largest absolute Gasteiger partial charge is 0.446 e. The zero-order valence-corrected chi connectivity index (χ0v) is 16.5. The van der Waals surface area contributed by atoms with Crippen molar-refractivity contribution >= 4 is 22.9 Å². The number of piperidine rings is 1. The number of likely N-dealkylation sites (tertiary alicyclic amines) is 1. The van der Waals surface area contributed by atoms with Gasteiger partial charge in [-0.15, -0.1) is 10.2 Å². The number of aliphatic hydroxyl groups excluding tert-OH is 1. The molecule has 0 aromatic carbocycles. The number of nitrogens with zero attached hydrogens (tertiary/aromatic N) is 5. The van der Waals surface area contributed by atoms with Gasteiger partial charge in [-0.2, -0.15) is 0 Å². The third kappa shape index (κ3) is 3.23. The summed E-state index contributed by atoms with van der Waals surface area (Å²) in [6, 6.07) is 1.99. The quantitative estimate of drug-likeness (QED) is 0.702. The third-order valence-electron chi connectivity index (χ3n) is 6.46. The Morgan fingerprint density at radius 3 is 2.93 bits per heavy atom. The van der Waals surface area contributed by atoms with E-state index < -0.39 is 0 Å². The van der Waals surface area contributed by atoms with Crippen molar-refractivity contribution in [1.29, 1.82) is 0 Å². The summed E-state index contributed by atoms with van der Waals surface area (Å²) in [5, 5.41) is 18.5. The molecule has 2 aliphatic rings. The van der Waals surface area contributed by atoms with Crippen LogP contribution in [-0.4, -0.2) is 66.0 Å². The number of hydrogen-bond acceptors (Lipinski definition) is 6. The van der Waals surface area contributed by atoms with E-state index in [1.54, 1.807) is 11.1 Å². The number of carbonyl (C=O) groups is 1. The predicted octanol–water partition coefficient (Wildman–Crippen LogP) is 2.47. The molecule has 9 nitrogen and oxygen atoms in total. The van der Waals surface area contributed by atoms with E-state index in [1.165, 1.54) is 0 Å². The lowest BCUT2D eigenvalue weighted by Gasteiger charge is -2.29. The van der Waals surface area contributed by atoms with Crippen molar-refractivity contribution in [2.45, 2.75) is 57.2 Å². The summed E-state index contributed by atoms with van der Waals surface area (Å²) in [4.78, 5) is 21.8. The van der Waals surface area contributed by atoms with Crippen molar-refractivity contribution in [3.05, 3.63) is 24.3 Å². The summed E-state index contributed by atoms with van der Waals surface area (Å²) >= 11 is 0. The van der Waals surface area contributed by atoms with Crippen LogP contribution in [0.15, 0.2) is 18.5 Å². The molecule has 1 saturated heterocycles. The Balaban J connectivity index is 1.37. The standard InChI is InChI=1S/C20H26N6O3/c1-2-12-9-14(29-20(28)25-7-4-13(27)5-8-25)10-15(12)19-24-23-17-11-22-18-16(26(17)19)3-6-21-18/h3,6,11-15,21,27H,2,4-5,7-10H2,1H3/t12-,14+,15+/m1/s1. The fraction of sp³-hybridized carbons (Fsp3) is 0.600. The van der Waals surface area contributed by atoms with Gasteiger partial charge in [-0.05, 0) is 37.7 Å². The van der Waals surface area contributed by atoms with E-state index in [2.05, 4.69) is 31.5 Å². The molecule has 2 fully saturated rings. The molecule has 1 saturated carbocycles. The zero-order valence-electron chi connectivity index (χ0n) is 16.5. The van der Waals surface area contributed by atoms with Gasteiger partial charge in [0.2, 0.25) is 0 Å². The summed E-state index contributed by atoms with van der Waals surface area (Å²) in [5.41, 5.74) is 2.50. The van der Waals surface area contributed by atoms with Crippen LogP contribution in [-0.2, 0) is 4.74 Å². The van der Waals surface area contributed by atoms with Crippen LogP contribution in [0.5, 0.6) is 0 Å². The van der Waals surface area contributed by atoms with Gasteiger partial charge in [0.05, 0.1) is 17.8 Å². The molecule has 29 heavy (non-hydrogen) atoms. The minimum absolute atomic E-state index is 0.125. The molecule has 2 N–H and O–H groups in total. The van der Waals surface area contributed by atoms with Gasteiger partial charge in [0.15, 0.2) is 11.3 Å². The molecule has 1 amide bonds. The molecule has 9 heteroatoms. The minimum Gasteiger partial charge on any atom is -0.446 e. The van der Waals surface area contributed by atoms with E-state index in [4.69, 9.17) is 4.74 Å². The van der Waals surface area contributed by atoms with E-state index >= 15 is 0 Å². The lowest BCUT2D eigenvalue weighted by Crippen LogP contribution is -2.41. The molecular formula is C20H26N6O3. The van der Waals surface area contributed by atoms with E-state index in [-0.39, 0.29) is 24.2 Å². The number of amides is 1. The number of rotatable bonds is 3. The van der Waals surface area contributed by atoms with Gasteiger partial charge in [0.25, 0.3) is 0 Å². The van der Waals surface area contributed by atoms with Crippen molar-refractivity contribution in [3.63, 3.8) is 0 Å². The van der Waals surface area contributed by atoms with E-state index in [0.29, 0.717) is 31.8 Å². The van der Waals surface area contributed by atoms with Crippen molar-refractivity contribution in [2.24, 2.45) is 5.92 Å². The maximum atomic E-state index is 12.6. The summed E-state index contributed by atoms with van der Waals surface area (Å²) in [6.07, 6.45) is 6.71. The highest BCUT2D eigenvalue weighted by molar-refractivity contribution is 5.74. The second kappa shape index (κ2) is 7.29. The monoisotopic (exact) mass is 398 g/mol. The van der Waals surface area contributed by atoms with Crippen molar-refractivity contribution in [2.75, 3.05) is 13.1 Å². The molecule has 1 aliphatic heterocycles. The average molecular weight is 398 g/mol. The van der Waals surface area contributed by atoms with E-state index in [9.17, 15) is 9.90 Å². The number of hydrogen-bond donors (Lipinski definition) is 2. The Kier molecular flexibility index (Phi) is 4.61. The maximum absolute atomic E-state index is 12.6. The zero-order chi connectivity index (χ0) is 20.0. The second-order valence-electron chi connectivity index (χ2n) is 8.19. The lowest BCUT2D eigenvalue weighted by molar-refractivity contribution is 0.0376. The average Bonchev–Trinajstić information content (AvgIpc) is 3.44. The van der Waals surface area contributed by atoms with Gasteiger partial charge < -0.3 is 19.7 Å². The van der Waals surface area contributed by atoms with Crippen LogP contribution in [0.4, 0.5) is 4.79 Å². The number of carbonyl (C=O) groups excluding carboxylic acids is 1. The highest BCUT2D eigenvalue weighted by Gasteiger charge is 2.39. The first-order valence-electron chi connectivity index (χ1n) is 10.4. The summed E-state index contributed by atoms with van der Waals surface area (Å²) in [6.45, 7) is 3.28. The molecule has 5 rings (SSSR count). The van der Waals surface area contributed by atoms with Gasteiger partial charge in [-0.25, -0.2) is 9.78 Å². The number of aliphatic hydroxyl groups is 1. The first-order chi connectivity index (χ1) is 14.1. The van der Waals surface area contributed by atoms with E-state index in [1.807, 2.05) is 12.3 Å². The molecule has 154 valence electrons. The number of aromatic amines is 1. The number of fused-ring (bicyclic) bond motifs is 3. The molecule has 3 aromatic rings. The van der Waals surface area contributed by atoms with Gasteiger partial charge >= 0.3 is 6.09 Å². The smallest absolute Gasteiger partial charge is 0.410 e. The Bertz CT molecular complexity index is 1020. The molecule has 3 atom stereocenters. The second-order valence-corrected chi connectivity index (χ2v) is 8.19. The van der Waals surface area contributed by atoms with Crippen LogP contribution >= 0.6 is 0 Å².